The molecule has 0 aliphatic heterocycles. The van der Waals surface area contributed by atoms with Crippen LogP contribution in [0.4, 0.5) is 0 Å². The van der Waals surface area contributed by atoms with E-state index in [2.05, 4.69) is 63.3 Å². The average Bonchev–Trinajstić information content (AvgIpc) is 2.24. The van der Waals surface area contributed by atoms with Gasteiger partial charge in [-0.05, 0) is 23.6 Å². The molecule has 0 atom stereocenters. The van der Waals surface area contributed by atoms with Crippen LogP contribution in [-0.2, 0) is 0 Å². The summed E-state index contributed by atoms with van der Waals surface area (Å²) in [6.07, 6.45) is 6.82. The van der Waals surface area contributed by atoms with E-state index in [0.29, 0.717) is 0 Å². The van der Waals surface area contributed by atoms with Gasteiger partial charge in [-0.1, -0.05) is 56.3 Å². The third kappa shape index (κ3) is 1.65. The highest BCUT2D eigenvalue weighted by Gasteiger charge is 2.15. The summed E-state index contributed by atoms with van der Waals surface area (Å²) in [5.74, 6) is 0. The van der Waals surface area contributed by atoms with Gasteiger partial charge in [0.2, 0.25) is 0 Å². The first-order chi connectivity index (χ1) is 6.58. The van der Waals surface area contributed by atoms with Gasteiger partial charge in [-0.3, -0.25) is 0 Å². The van der Waals surface area contributed by atoms with E-state index >= 15 is 0 Å². The Morgan fingerprint density at radius 1 is 1.07 bits per heavy atom. The molecule has 0 amide bonds. The van der Waals surface area contributed by atoms with E-state index in [-0.39, 0.29) is 5.41 Å². The quantitative estimate of drug-likeness (QED) is 0.568. The van der Waals surface area contributed by atoms with Crippen LogP contribution in [0.25, 0.3) is 11.6 Å². The number of rotatable bonds is 0. The van der Waals surface area contributed by atoms with Crippen molar-refractivity contribution in [2.24, 2.45) is 5.41 Å². The summed E-state index contributed by atoms with van der Waals surface area (Å²) < 4.78 is 0. The monoisotopic (exact) mass is 184 g/mol. The first-order valence-electron chi connectivity index (χ1n) is 5.07. The molecule has 0 fully saturated rings. The summed E-state index contributed by atoms with van der Waals surface area (Å²) in [6, 6.07) is 8.55. The highest BCUT2D eigenvalue weighted by atomic mass is 14.2. The van der Waals surface area contributed by atoms with Gasteiger partial charge < -0.3 is 0 Å². The molecular formula is C14H16. The lowest BCUT2D eigenvalue weighted by Gasteiger charge is -2.14. The number of allylic oxidation sites excluding steroid dienone is 3. The smallest absolute Gasteiger partial charge is 0.00137 e. The Bertz CT molecular complexity index is 406. The number of benzene rings is 1. The highest BCUT2D eigenvalue weighted by Crippen LogP contribution is 2.31. The first-order valence-corrected chi connectivity index (χ1v) is 5.07. The molecule has 1 aromatic carbocycles. The Balaban J connectivity index is 2.62. The molecular weight excluding hydrogens is 168 g/mol. The van der Waals surface area contributed by atoms with Crippen LogP contribution in [0.5, 0.6) is 0 Å². The van der Waals surface area contributed by atoms with Gasteiger partial charge >= 0.3 is 0 Å². The molecule has 72 valence electrons. The minimum Gasteiger partial charge on any atom is -0.0745 e. The molecule has 1 aliphatic rings. The van der Waals surface area contributed by atoms with Crippen LogP contribution in [-0.4, -0.2) is 0 Å². The number of hydrogen-bond acceptors (Lipinski definition) is 0. The zero-order valence-electron chi connectivity index (χ0n) is 9.04. The second kappa shape index (κ2) is 3.13. The summed E-state index contributed by atoms with van der Waals surface area (Å²) in [5, 5.41) is 0. The maximum Gasteiger partial charge on any atom is 0.00137 e. The molecule has 0 saturated carbocycles. The third-order valence-corrected chi connectivity index (χ3v) is 2.67. The summed E-state index contributed by atoms with van der Waals surface area (Å²) in [6.45, 7) is 6.66. The fourth-order valence-corrected chi connectivity index (χ4v) is 1.99. The van der Waals surface area contributed by atoms with Crippen molar-refractivity contribution in [2.75, 3.05) is 0 Å². The van der Waals surface area contributed by atoms with E-state index in [4.69, 9.17) is 0 Å². The van der Waals surface area contributed by atoms with E-state index in [1.54, 1.807) is 0 Å². The van der Waals surface area contributed by atoms with Crippen molar-refractivity contribution in [3.05, 3.63) is 47.5 Å². The standard InChI is InChI=1S/C14H16/c1-11-10-14(2,3)9-8-12-6-4-5-7-13(11)12/h4-10H,1-3H3. The van der Waals surface area contributed by atoms with E-state index in [1.165, 1.54) is 16.7 Å². The summed E-state index contributed by atoms with van der Waals surface area (Å²) in [5.41, 5.74) is 4.22. The number of hydrogen-bond donors (Lipinski definition) is 0. The second-order valence-electron chi connectivity index (χ2n) is 4.57. The van der Waals surface area contributed by atoms with Crippen LogP contribution in [0.1, 0.15) is 31.9 Å². The predicted octanol–water partition coefficient (Wildman–Crippen LogP) is 4.14. The van der Waals surface area contributed by atoms with Crippen molar-refractivity contribution >= 4 is 11.6 Å². The third-order valence-electron chi connectivity index (χ3n) is 2.67. The molecule has 0 radical (unpaired) electrons. The highest BCUT2D eigenvalue weighted by molar-refractivity contribution is 5.75. The fourth-order valence-electron chi connectivity index (χ4n) is 1.99. The Hall–Kier alpha value is -1.30. The van der Waals surface area contributed by atoms with Crippen molar-refractivity contribution in [3.63, 3.8) is 0 Å². The topological polar surface area (TPSA) is 0 Å². The molecule has 0 bridgehead atoms. The Labute approximate surface area is 86.0 Å². The molecule has 0 saturated heterocycles. The SMILES string of the molecule is CC1=CC(C)(C)C=Cc2ccccc21. The van der Waals surface area contributed by atoms with Crippen LogP contribution in [0.2, 0.25) is 0 Å². The molecule has 0 heteroatoms. The van der Waals surface area contributed by atoms with Gasteiger partial charge in [0.15, 0.2) is 0 Å². The van der Waals surface area contributed by atoms with Crippen LogP contribution >= 0.6 is 0 Å². The minimum absolute atomic E-state index is 0.170. The molecule has 0 N–H and O–H groups in total. The summed E-state index contributed by atoms with van der Waals surface area (Å²) in [7, 11) is 0. The average molecular weight is 184 g/mol. The Morgan fingerprint density at radius 2 is 1.79 bits per heavy atom. The molecule has 0 spiro atoms. The summed E-state index contributed by atoms with van der Waals surface area (Å²) >= 11 is 0. The Kier molecular flexibility index (Phi) is 2.07. The van der Waals surface area contributed by atoms with Gasteiger partial charge in [-0.2, -0.15) is 0 Å². The van der Waals surface area contributed by atoms with E-state index in [0.717, 1.165) is 0 Å². The lowest BCUT2D eigenvalue weighted by atomic mass is 9.91. The van der Waals surface area contributed by atoms with Crippen LogP contribution in [0.15, 0.2) is 36.4 Å². The van der Waals surface area contributed by atoms with E-state index in [9.17, 15) is 0 Å². The zero-order valence-corrected chi connectivity index (χ0v) is 9.04. The fraction of sp³-hybridized carbons (Fsp3) is 0.286. The first kappa shape index (κ1) is 9.26. The van der Waals surface area contributed by atoms with Crippen molar-refractivity contribution in [1.29, 1.82) is 0 Å². The largest absolute Gasteiger partial charge is 0.0745 e. The van der Waals surface area contributed by atoms with Crippen LogP contribution in [0.3, 0.4) is 0 Å². The minimum atomic E-state index is 0.170. The second-order valence-corrected chi connectivity index (χ2v) is 4.57. The molecule has 0 heterocycles. The predicted molar refractivity (Wildman–Crippen MR) is 62.9 cm³/mol. The van der Waals surface area contributed by atoms with E-state index in [1.807, 2.05) is 0 Å². The maximum absolute atomic E-state index is 2.33. The van der Waals surface area contributed by atoms with Crippen molar-refractivity contribution in [3.8, 4) is 0 Å². The molecule has 0 aromatic heterocycles. The molecule has 2 rings (SSSR count). The van der Waals surface area contributed by atoms with Gasteiger partial charge in [0, 0.05) is 5.41 Å². The summed E-state index contributed by atoms with van der Waals surface area (Å²) in [4.78, 5) is 0. The van der Waals surface area contributed by atoms with E-state index < -0.39 is 0 Å². The van der Waals surface area contributed by atoms with Gasteiger partial charge in [0.05, 0.1) is 0 Å². The van der Waals surface area contributed by atoms with Crippen molar-refractivity contribution < 1.29 is 0 Å². The van der Waals surface area contributed by atoms with Gasteiger partial charge in [0.1, 0.15) is 0 Å². The Morgan fingerprint density at radius 3 is 2.57 bits per heavy atom. The van der Waals surface area contributed by atoms with Crippen LogP contribution < -0.4 is 0 Å². The zero-order chi connectivity index (χ0) is 10.2. The molecule has 0 nitrogen and oxygen atoms in total. The maximum atomic E-state index is 2.33. The lowest BCUT2D eigenvalue weighted by molar-refractivity contribution is 0.631. The molecule has 0 unspecified atom stereocenters. The van der Waals surface area contributed by atoms with Gasteiger partial charge in [0.25, 0.3) is 0 Å². The van der Waals surface area contributed by atoms with Crippen molar-refractivity contribution in [1.82, 2.24) is 0 Å². The van der Waals surface area contributed by atoms with Gasteiger partial charge in [-0.15, -0.1) is 0 Å². The van der Waals surface area contributed by atoms with Crippen LogP contribution in [0, 0.1) is 5.41 Å². The molecule has 14 heavy (non-hydrogen) atoms. The molecule has 1 aromatic rings. The normalized spacial score (nSPS) is 18.4. The van der Waals surface area contributed by atoms with Gasteiger partial charge in [-0.25, -0.2) is 0 Å². The number of fused-ring (bicyclic) bond motifs is 1. The van der Waals surface area contributed by atoms with Crippen molar-refractivity contribution in [2.45, 2.75) is 20.8 Å². The lowest BCUT2D eigenvalue weighted by Crippen LogP contribution is -2.01. The molecule has 1 aliphatic carbocycles.